The largest absolute Gasteiger partial charge is 0.496 e. The van der Waals surface area contributed by atoms with Gasteiger partial charge in [-0.2, -0.15) is 5.10 Å². The molecule has 0 saturated carbocycles. The first kappa shape index (κ1) is 20.4. The van der Waals surface area contributed by atoms with Crippen molar-refractivity contribution >= 4 is 27.5 Å². The first-order chi connectivity index (χ1) is 14.5. The third-order valence-electron chi connectivity index (χ3n) is 4.93. The van der Waals surface area contributed by atoms with Crippen LogP contribution in [0.15, 0.2) is 73.4 Å². The summed E-state index contributed by atoms with van der Waals surface area (Å²) in [5.41, 5.74) is 1.72. The van der Waals surface area contributed by atoms with Crippen LogP contribution in [-0.4, -0.2) is 42.2 Å². The fourth-order valence-electron chi connectivity index (χ4n) is 3.56. The first-order valence-electron chi connectivity index (χ1n) is 9.53. The minimum Gasteiger partial charge on any atom is -0.496 e. The lowest BCUT2D eigenvalue weighted by Gasteiger charge is -2.24. The van der Waals surface area contributed by atoms with E-state index in [1.54, 1.807) is 19.6 Å². The number of ether oxygens (including phenoxy) is 1. The van der Waals surface area contributed by atoms with Crippen molar-refractivity contribution in [1.82, 2.24) is 9.91 Å². The van der Waals surface area contributed by atoms with E-state index in [1.807, 2.05) is 54.4 Å². The molecule has 3 heterocycles. The Morgan fingerprint density at radius 2 is 2.07 bits per heavy atom. The zero-order chi connectivity index (χ0) is 21.1. The molecule has 1 aliphatic rings. The molecule has 0 bridgehead atoms. The number of carbonyl (C=O) groups excluding carboxylic acids is 1. The Morgan fingerprint density at radius 1 is 1.27 bits per heavy atom. The van der Waals surface area contributed by atoms with E-state index in [-0.39, 0.29) is 18.5 Å². The summed E-state index contributed by atoms with van der Waals surface area (Å²) in [6.07, 6.45) is 3.74. The van der Waals surface area contributed by atoms with E-state index in [2.05, 4.69) is 21.0 Å². The molecule has 0 saturated heterocycles. The fraction of sp³-hybridized carbons (Fsp3) is 0.273. The molecule has 2 aromatic heterocycles. The number of rotatable bonds is 7. The normalized spacial score (nSPS) is 16.2. The van der Waals surface area contributed by atoms with Gasteiger partial charge in [-0.1, -0.05) is 15.9 Å². The highest BCUT2D eigenvalue weighted by Crippen LogP contribution is 2.33. The van der Waals surface area contributed by atoms with Gasteiger partial charge in [-0.3, -0.25) is 9.69 Å². The standard InChI is InChI=1S/C22H22BrN3O4/c1-25(13-15-11-16(23)7-8-19(15)28-2)14-22(27)26-18(21-6-4-10-30-21)12-17(24-26)20-5-3-9-29-20/h3-11,18H,12-14H2,1-2H3. The summed E-state index contributed by atoms with van der Waals surface area (Å²) in [5, 5.41) is 6.07. The van der Waals surface area contributed by atoms with Crippen LogP contribution in [0.25, 0.3) is 0 Å². The lowest BCUT2D eigenvalue weighted by atomic mass is 10.1. The molecule has 0 radical (unpaired) electrons. The van der Waals surface area contributed by atoms with Crippen LogP contribution in [0.3, 0.4) is 0 Å². The Hall–Kier alpha value is -2.84. The summed E-state index contributed by atoms with van der Waals surface area (Å²) in [5.74, 6) is 2.03. The van der Waals surface area contributed by atoms with Crippen molar-refractivity contribution < 1.29 is 18.4 Å². The molecule has 3 aromatic rings. The number of hydrogen-bond donors (Lipinski definition) is 0. The average molecular weight is 472 g/mol. The van der Waals surface area contributed by atoms with Crippen LogP contribution < -0.4 is 4.74 Å². The Labute approximate surface area is 183 Å². The summed E-state index contributed by atoms with van der Waals surface area (Å²) in [6, 6.07) is 12.9. The molecule has 1 unspecified atom stereocenters. The molecular formula is C22H22BrN3O4. The van der Waals surface area contributed by atoms with Crippen LogP contribution >= 0.6 is 15.9 Å². The van der Waals surface area contributed by atoms with Gasteiger partial charge in [0.05, 0.1) is 26.2 Å². The molecule has 156 valence electrons. The maximum absolute atomic E-state index is 13.2. The highest BCUT2D eigenvalue weighted by Gasteiger charge is 2.35. The topological polar surface area (TPSA) is 71.4 Å². The summed E-state index contributed by atoms with van der Waals surface area (Å²) < 4.78 is 17.5. The number of hydrogen-bond acceptors (Lipinski definition) is 6. The van der Waals surface area contributed by atoms with E-state index < -0.39 is 0 Å². The monoisotopic (exact) mass is 471 g/mol. The Bertz CT molecular complexity index is 1030. The maximum atomic E-state index is 13.2. The van der Waals surface area contributed by atoms with Crippen molar-refractivity contribution in [2.75, 3.05) is 20.7 Å². The smallest absolute Gasteiger partial charge is 0.257 e. The number of hydrazone groups is 1. The molecule has 1 amide bonds. The molecule has 0 aliphatic carbocycles. The minimum atomic E-state index is -0.290. The van der Waals surface area contributed by atoms with Gasteiger partial charge in [-0.25, -0.2) is 5.01 Å². The summed E-state index contributed by atoms with van der Waals surface area (Å²) in [7, 11) is 3.54. The van der Waals surface area contributed by atoms with E-state index >= 15 is 0 Å². The van der Waals surface area contributed by atoms with E-state index in [0.29, 0.717) is 24.5 Å². The van der Waals surface area contributed by atoms with Crippen LogP contribution in [0.5, 0.6) is 5.75 Å². The lowest BCUT2D eigenvalue weighted by Crippen LogP contribution is -2.36. The molecule has 7 nitrogen and oxygen atoms in total. The molecule has 4 rings (SSSR count). The molecular weight excluding hydrogens is 450 g/mol. The van der Waals surface area contributed by atoms with Crippen LogP contribution in [0.4, 0.5) is 0 Å². The number of halogens is 1. The van der Waals surface area contributed by atoms with Crippen LogP contribution in [0.2, 0.25) is 0 Å². The molecule has 0 fully saturated rings. The van der Waals surface area contributed by atoms with Gasteiger partial charge < -0.3 is 13.6 Å². The van der Waals surface area contributed by atoms with Crippen LogP contribution in [0, 0.1) is 0 Å². The van der Waals surface area contributed by atoms with E-state index in [0.717, 1.165) is 21.5 Å². The molecule has 8 heteroatoms. The van der Waals surface area contributed by atoms with Crippen LogP contribution in [-0.2, 0) is 11.3 Å². The number of methoxy groups -OCH3 is 1. The third-order valence-corrected chi connectivity index (χ3v) is 5.42. The predicted molar refractivity (Wildman–Crippen MR) is 115 cm³/mol. The Morgan fingerprint density at radius 3 is 2.77 bits per heavy atom. The van der Waals surface area contributed by atoms with Crippen molar-refractivity contribution in [1.29, 1.82) is 0 Å². The molecule has 30 heavy (non-hydrogen) atoms. The van der Waals surface area contributed by atoms with Gasteiger partial charge in [0.25, 0.3) is 5.91 Å². The Balaban J connectivity index is 1.51. The van der Waals surface area contributed by atoms with Crippen molar-refractivity contribution in [3.63, 3.8) is 0 Å². The minimum absolute atomic E-state index is 0.116. The molecule has 1 atom stereocenters. The number of carbonyl (C=O) groups is 1. The second-order valence-electron chi connectivity index (χ2n) is 7.13. The second kappa shape index (κ2) is 8.89. The summed E-state index contributed by atoms with van der Waals surface area (Å²) in [6.45, 7) is 0.754. The molecule has 1 aromatic carbocycles. The van der Waals surface area contributed by atoms with E-state index in [9.17, 15) is 4.79 Å². The van der Waals surface area contributed by atoms with Crippen molar-refractivity contribution in [2.24, 2.45) is 5.10 Å². The SMILES string of the molecule is COc1ccc(Br)cc1CN(C)CC(=O)N1N=C(c2ccco2)CC1c1ccco1. The average Bonchev–Trinajstić information content (AvgIpc) is 3.48. The lowest BCUT2D eigenvalue weighted by molar-refractivity contribution is -0.134. The van der Waals surface area contributed by atoms with Gasteiger partial charge >= 0.3 is 0 Å². The van der Waals surface area contributed by atoms with Crippen molar-refractivity contribution in [3.05, 3.63) is 76.5 Å². The maximum Gasteiger partial charge on any atom is 0.257 e. The fourth-order valence-corrected chi connectivity index (χ4v) is 3.96. The van der Waals surface area contributed by atoms with Gasteiger partial charge in [0, 0.05) is 23.0 Å². The van der Waals surface area contributed by atoms with Gasteiger partial charge in [-0.05, 0) is 49.5 Å². The van der Waals surface area contributed by atoms with E-state index in [4.69, 9.17) is 13.6 Å². The third kappa shape index (κ3) is 4.34. The highest BCUT2D eigenvalue weighted by atomic mass is 79.9. The summed E-state index contributed by atoms with van der Waals surface area (Å²) in [4.78, 5) is 15.1. The number of furan rings is 2. The number of benzene rings is 1. The molecule has 0 N–H and O–H groups in total. The zero-order valence-corrected chi connectivity index (χ0v) is 18.3. The number of nitrogens with zero attached hydrogens (tertiary/aromatic N) is 3. The highest BCUT2D eigenvalue weighted by molar-refractivity contribution is 9.10. The quantitative estimate of drug-likeness (QED) is 0.508. The van der Waals surface area contributed by atoms with E-state index in [1.165, 1.54) is 5.01 Å². The predicted octanol–water partition coefficient (Wildman–Crippen LogP) is 4.45. The van der Waals surface area contributed by atoms with Gasteiger partial charge in [0.15, 0.2) is 0 Å². The van der Waals surface area contributed by atoms with Gasteiger partial charge in [0.1, 0.15) is 29.0 Å². The van der Waals surface area contributed by atoms with Gasteiger partial charge in [0.2, 0.25) is 0 Å². The number of likely N-dealkylation sites (N-methyl/N-ethyl adjacent to an activating group) is 1. The first-order valence-corrected chi connectivity index (χ1v) is 10.3. The Kier molecular flexibility index (Phi) is 6.06. The zero-order valence-electron chi connectivity index (χ0n) is 16.7. The van der Waals surface area contributed by atoms with Gasteiger partial charge in [-0.15, -0.1) is 0 Å². The summed E-state index contributed by atoms with van der Waals surface area (Å²) >= 11 is 3.49. The van der Waals surface area contributed by atoms with Crippen molar-refractivity contribution in [2.45, 2.75) is 19.0 Å². The molecule has 0 spiro atoms. The molecule has 1 aliphatic heterocycles. The van der Waals surface area contributed by atoms with Crippen LogP contribution in [0.1, 0.15) is 29.5 Å². The number of amides is 1. The second-order valence-corrected chi connectivity index (χ2v) is 8.04. The van der Waals surface area contributed by atoms with Crippen molar-refractivity contribution in [3.8, 4) is 5.75 Å².